The molecule has 21 heavy (non-hydrogen) atoms. The van der Waals surface area contributed by atoms with Crippen molar-refractivity contribution >= 4 is 21.5 Å². The molecule has 11 heteroatoms. The molecule has 1 aromatic heterocycles. The van der Waals surface area contributed by atoms with Crippen molar-refractivity contribution in [3.8, 4) is 5.75 Å². The zero-order valence-electron chi connectivity index (χ0n) is 10.6. The first kappa shape index (κ1) is 17.1. The number of phenols is 1. The van der Waals surface area contributed by atoms with Crippen molar-refractivity contribution in [2.24, 2.45) is 10.2 Å². The van der Waals surface area contributed by atoms with Gasteiger partial charge in [-0.1, -0.05) is 0 Å². The number of hydrogen-bond donors (Lipinski definition) is 4. The van der Waals surface area contributed by atoms with Crippen molar-refractivity contribution in [2.45, 2.75) is 11.8 Å². The van der Waals surface area contributed by atoms with Crippen LogP contribution in [0.2, 0.25) is 0 Å². The van der Waals surface area contributed by atoms with Gasteiger partial charge in [0, 0.05) is 17.4 Å². The van der Waals surface area contributed by atoms with Crippen molar-refractivity contribution < 1.29 is 35.4 Å². The fourth-order valence-corrected chi connectivity index (χ4v) is 1.91. The first-order valence-corrected chi connectivity index (χ1v) is 6.72. The molecule has 0 aliphatic carbocycles. The second kappa shape index (κ2) is 6.23. The molecule has 0 spiro atoms. The normalized spacial score (nSPS) is 11.5. The monoisotopic (exact) mass is 350 g/mol. The maximum absolute atomic E-state index is 11.3. The number of azo groups is 1. The summed E-state index contributed by atoms with van der Waals surface area (Å²) in [5.74, 6) is -0.342. The van der Waals surface area contributed by atoms with Gasteiger partial charge in [-0.3, -0.25) is 14.4 Å². The molecule has 0 saturated heterocycles. The smallest absolute Gasteiger partial charge is 0.294 e. The fourth-order valence-electron chi connectivity index (χ4n) is 1.41. The van der Waals surface area contributed by atoms with Gasteiger partial charge in [0.2, 0.25) is 0 Å². The van der Waals surface area contributed by atoms with Crippen LogP contribution in [0.3, 0.4) is 0 Å². The van der Waals surface area contributed by atoms with E-state index in [0.29, 0.717) is 5.69 Å². The standard InChI is InChI=1S/C10H10N4O5S.Cr/c1-5-9(10(16)14-11-5)13-12-7-4-6(20(17,18)19)2-3-8(7)15;/h2-4,15H,1H3,(H2,11,14,16)(H,17,18,19);. The van der Waals surface area contributed by atoms with E-state index in [2.05, 4.69) is 20.4 Å². The SMILES string of the molecule is Cc1[nH][nH]c(=O)c1N=Nc1cc(S(=O)(=O)O)ccc1O.[Cr]. The van der Waals surface area contributed by atoms with Crippen molar-refractivity contribution in [1.29, 1.82) is 0 Å². The number of hydrogen-bond acceptors (Lipinski definition) is 6. The van der Waals surface area contributed by atoms with Gasteiger partial charge in [-0.05, 0) is 25.1 Å². The van der Waals surface area contributed by atoms with Gasteiger partial charge in [-0.15, -0.1) is 10.2 Å². The van der Waals surface area contributed by atoms with Crippen LogP contribution in [0.1, 0.15) is 5.69 Å². The molecule has 0 aliphatic rings. The molecule has 0 bridgehead atoms. The number of phenolic OH excluding ortho intramolecular Hbond substituents is 1. The largest absolute Gasteiger partial charge is 0.506 e. The van der Waals surface area contributed by atoms with E-state index in [1.165, 1.54) is 0 Å². The molecule has 0 saturated carbocycles. The van der Waals surface area contributed by atoms with Crippen LogP contribution in [0.25, 0.3) is 0 Å². The molecule has 4 N–H and O–H groups in total. The minimum atomic E-state index is -4.42. The van der Waals surface area contributed by atoms with E-state index in [9.17, 15) is 18.3 Å². The molecule has 9 nitrogen and oxygen atoms in total. The van der Waals surface area contributed by atoms with Crippen LogP contribution >= 0.6 is 0 Å². The number of aromatic hydroxyl groups is 1. The van der Waals surface area contributed by atoms with E-state index >= 15 is 0 Å². The number of aromatic amines is 2. The third kappa shape index (κ3) is 3.80. The summed E-state index contributed by atoms with van der Waals surface area (Å²) >= 11 is 0. The molecule has 0 amide bonds. The molecule has 0 radical (unpaired) electrons. The summed E-state index contributed by atoms with van der Waals surface area (Å²) in [5.41, 5.74) is -0.261. The van der Waals surface area contributed by atoms with E-state index in [1.54, 1.807) is 6.92 Å². The average molecular weight is 350 g/mol. The third-order valence-electron chi connectivity index (χ3n) is 2.44. The minimum absolute atomic E-state index is 0. The molecule has 1 aromatic carbocycles. The summed E-state index contributed by atoms with van der Waals surface area (Å²) in [6.07, 6.45) is 0. The van der Waals surface area contributed by atoms with Gasteiger partial charge < -0.3 is 10.2 Å². The maximum Gasteiger partial charge on any atom is 0.294 e. The van der Waals surface area contributed by atoms with Crippen LogP contribution in [-0.2, 0) is 27.5 Å². The summed E-state index contributed by atoms with van der Waals surface area (Å²) < 4.78 is 30.9. The number of nitrogens with one attached hydrogen (secondary N) is 2. The molecule has 1 heterocycles. The van der Waals surface area contributed by atoms with Gasteiger partial charge in [-0.2, -0.15) is 8.42 Å². The number of H-pyrrole nitrogens is 2. The summed E-state index contributed by atoms with van der Waals surface area (Å²) in [7, 11) is -4.42. The van der Waals surface area contributed by atoms with Gasteiger partial charge in [0.25, 0.3) is 15.7 Å². The van der Waals surface area contributed by atoms with Crippen LogP contribution in [0.4, 0.5) is 11.4 Å². The van der Waals surface area contributed by atoms with Gasteiger partial charge >= 0.3 is 0 Å². The second-order valence-electron chi connectivity index (χ2n) is 3.88. The van der Waals surface area contributed by atoms with Crippen LogP contribution in [0, 0.1) is 6.92 Å². The summed E-state index contributed by atoms with van der Waals surface area (Å²) in [5, 5.41) is 21.6. The summed E-state index contributed by atoms with van der Waals surface area (Å²) in [6, 6.07) is 2.99. The first-order valence-electron chi connectivity index (χ1n) is 5.28. The van der Waals surface area contributed by atoms with Crippen molar-refractivity contribution in [1.82, 2.24) is 10.2 Å². The second-order valence-corrected chi connectivity index (χ2v) is 5.30. The molecule has 112 valence electrons. The Morgan fingerprint density at radius 3 is 2.38 bits per heavy atom. The van der Waals surface area contributed by atoms with Crippen molar-refractivity contribution in [2.75, 3.05) is 0 Å². The molecular formula is C10H10CrN4O5S. The Kier molecular flexibility index (Phi) is 5.08. The third-order valence-corrected chi connectivity index (χ3v) is 3.29. The molecule has 0 aliphatic heterocycles. The molecule has 2 aromatic rings. The Morgan fingerprint density at radius 2 is 1.86 bits per heavy atom. The molecule has 0 unspecified atom stereocenters. The van der Waals surface area contributed by atoms with Gasteiger partial charge in [0.05, 0.1) is 10.6 Å². The number of nitrogens with zero attached hydrogens (tertiary/aromatic N) is 2. The summed E-state index contributed by atoms with van der Waals surface area (Å²) in [4.78, 5) is 10.9. The number of aromatic nitrogens is 2. The van der Waals surface area contributed by atoms with Crippen LogP contribution < -0.4 is 5.56 Å². The zero-order valence-corrected chi connectivity index (χ0v) is 12.7. The van der Waals surface area contributed by atoms with E-state index in [0.717, 1.165) is 18.2 Å². The van der Waals surface area contributed by atoms with Crippen LogP contribution in [0.15, 0.2) is 38.1 Å². The van der Waals surface area contributed by atoms with E-state index in [-0.39, 0.29) is 34.5 Å². The van der Waals surface area contributed by atoms with E-state index < -0.39 is 20.6 Å². The Labute approximate surface area is 129 Å². The Balaban J connectivity index is 0.00000220. The number of rotatable bonds is 3. The van der Waals surface area contributed by atoms with Crippen molar-refractivity contribution in [3.05, 3.63) is 34.2 Å². The maximum atomic E-state index is 11.3. The van der Waals surface area contributed by atoms with Gasteiger partial charge in [0.1, 0.15) is 11.4 Å². The average Bonchev–Trinajstić information content (AvgIpc) is 2.67. The molecule has 0 atom stereocenters. The Bertz CT molecular complexity index is 839. The first-order chi connectivity index (χ1) is 9.29. The van der Waals surface area contributed by atoms with Crippen LogP contribution in [0.5, 0.6) is 5.75 Å². The quantitative estimate of drug-likeness (QED) is 0.487. The van der Waals surface area contributed by atoms with Crippen LogP contribution in [-0.4, -0.2) is 28.3 Å². The Hall–Kier alpha value is -1.93. The minimum Gasteiger partial charge on any atom is -0.506 e. The fraction of sp³-hybridized carbons (Fsp3) is 0.100. The predicted molar refractivity (Wildman–Crippen MR) is 68.2 cm³/mol. The number of aryl methyl sites for hydroxylation is 1. The van der Waals surface area contributed by atoms with Crippen molar-refractivity contribution in [3.63, 3.8) is 0 Å². The zero-order chi connectivity index (χ0) is 14.9. The number of benzene rings is 1. The molecule has 0 fully saturated rings. The van der Waals surface area contributed by atoms with Gasteiger partial charge in [-0.25, -0.2) is 0 Å². The topological polar surface area (TPSA) is 148 Å². The van der Waals surface area contributed by atoms with E-state index in [1.807, 2.05) is 0 Å². The Morgan fingerprint density at radius 1 is 1.19 bits per heavy atom. The predicted octanol–water partition coefficient (Wildman–Crippen LogP) is 1.38. The molecular weight excluding hydrogens is 340 g/mol. The van der Waals surface area contributed by atoms with E-state index in [4.69, 9.17) is 4.55 Å². The molecule has 2 rings (SSSR count). The van der Waals surface area contributed by atoms with Gasteiger partial charge in [0.15, 0.2) is 5.69 Å². The summed E-state index contributed by atoms with van der Waals surface area (Å²) in [6.45, 7) is 1.58.